The van der Waals surface area contributed by atoms with Gasteiger partial charge in [0.05, 0.1) is 16.3 Å². The minimum atomic E-state index is -0.0938. The van der Waals surface area contributed by atoms with Gasteiger partial charge >= 0.3 is 0 Å². The number of hydrogen-bond acceptors (Lipinski definition) is 5. The van der Waals surface area contributed by atoms with Gasteiger partial charge in [-0.25, -0.2) is 4.98 Å². The van der Waals surface area contributed by atoms with E-state index >= 15 is 0 Å². The molecule has 0 aliphatic carbocycles. The van der Waals surface area contributed by atoms with Crippen molar-refractivity contribution in [2.24, 2.45) is 0 Å². The van der Waals surface area contributed by atoms with Crippen LogP contribution in [0.5, 0.6) is 0 Å². The zero-order valence-corrected chi connectivity index (χ0v) is 12.8. The van der Waals surface area contributed by atoms with Gasteiger partial charge in [0.1, 0.15) is 0 Å². The molecular formula is C12H14ClN3OS2. The monoisotopic (exact) mass is 315 g/mol. The van der Waals surface area contributed by atoms with E-state index in [1.165, 1.54) is 16.9 Å². The summed E-state index contributed by atoms with van der Waals surface area (Å²) in [5, 5.41) is 6.71. The first-order valence-electron chi connectivity index (χ1n) is 5.71. The molecule has 0 radical (unpaired) electrons. The second-order valence-corrected chi connectivity index (χ2v) is 6.31. The second kappa shape index (κ2) is 6.09. The van der Waals surface area contributed by atoms with Crippen LogP contribution in [0.25, 0.3) is 10.2 Å². The van der Waals surface area contributed by atoms with Crippen LogP contribution >= 0.6 is 35.5 Å². The largest absolute Gasteiger partial charge is 0.301 e. The van der Waals surface area contributed by atoms with Gasteiger partial charge in [0, 0.05) is 11.6 Å². The molecule has 102 valence electrons. The number of amides is 1. The number of thioether (sulfide) groups is 1. The van der Waals surface area contributed by atoms with Gasteiger partial charge in [0.15, 0.2) is 5.13 Å². The first kappa shape index (κ1) is 14.6. The summed E-state index contributed by atoms with van der Waals surface area (Å²) in [6.07, 6.45) is 0. The van der Waals surface area contributed by atoms with Crippen LogP contribution in [0.1, 0.15) is 5.56 Å². The van der Waals surface area contributed by atoms with Crippen molar-refractivity contribution in [1.29, 1.82) is 0 Å². The third-order valence-corrected chi connectivity index (χ3v) is 4.68. The number of nitrogens with zero attached hydrogens (tertiary/aromatic N) is 1. The predicted octanol–water partition coefficient (Wildman–Crippen LogP) is 2.63. The van der Waals surface area contributed by atoms with Crippen molar-refractivity contribution in [3.05, 3.63) is 23.8 Å². The second-order valence-electron chi connectivity index (χ2n) is 4.25. The Morgan fingerprint density at radius 3 is 3.11 bits per heavy atom. The van der Waals surface area contributed by atoms with Crippen molar-refractivity contribution in [2.75, 3.05) is 16.9 Å². The lowest BCUT2D eigenvalue weighted by Crippen LogP contribution is -2.37. The molecule has 1 aliphatic rings. The van der Waals surface area contributed by atoms with Crippen LogP contribution in [0.4, 0.5) is 5.13 Å². The van der Waals surface area contributed by atoms with Crippen LogP contribution in [-0.2, 0) is 4.79 Å². The molecule has 1 aromatic carbocycles. The van der Waals surface area contributed by atoms with Crippen LogP contribution < -0.4 is 10.6 Å². The number of aromatic nitrogens is 1. The molecular weight excluding hydrogens is 302 g/mol. The Bertz CT molecular complexity index is 596. The highest BCUT2D eigenvalue weighted by atomic mass is 35.5. The summed E-state index contributed by atoms with van der Waals surface area (Å²) in [5.41, 5.74) is 2.15. The molecule has 2 heterocycles. The van der Waals surface area contributed by atoms with Gasteiger partial charge in [0.25, 0.3) is 0 Å². The number of hydrogen-bond donors (Lipinski definition) is 2. The lowest BCUT2D eigenvalue weighted by Gasteiger charge is -2.07. The van der Waals surface area contributed by atoms with Gasteiger partial charge in [0.2, 0.25) is 5.91 Å². The van der Waals surface area contributed by atoms with Crippen LogP contribution in [0.2, 0.25) is 0 Å². The molecule has 0 bridgehead atoms. The number of thiazole rings is 1. The topological polar surface area (TPSA) is 54.0 Å². The summed E-state index contributed by atoms with van der Waals surface area (Å²) in [4.78, 5) is 16.4. The molecule has 1 unspecified atom stereocenters. The van der Waals surface area contributed by atoms with Gasteiger partial charge < -0.3 is 5.32 Å². The molecule has 1 amide bonds. The fraction of sp³-hybridized carbons (Fsp3) is 0.333. The minimum absolute atomic E-state index is 0. The Hall–Kier alpha value is -0.820. The highest BCUT2D eigenvalue weighted by molar-refractivity contribution is 7.99. The Balaban J connectivity index is 0.00000133. The quantitative estimate of drug-likeness (QED) is 0.894. The Labute approximate surface area is 125 Å². The summed E-state index contributed by atoms with van der Waals surface area (Å²) >= 11 is 3.26. The van der Waals surface area contributed by atoms with E-state index in [0.717, 1.165) is 21.8 Å². The van der Waals surface area contributed by atoms with E-state index in [1.54, 1.807) is 11.8 Å². The first-order valence-corrected chi connectivity index (χ1v) is 7.69. The summed E-state index contributed by atoms with van der Waals surface area (Å²) in [6.45, 7) is 2.05. The van der Waals surface area contributed by atoms with E-state index in [-0.39, 0.29) is 24.4 Å². The smallest absolute Gasteiger partial charge is 0.244 e. The average molecular weight is 316 g/mol. The number of nitrogens with one attached hydrogen (secondary N) is 2. The number of aryl methyl sites for hydroxylation is 1. The number of anilines is 1. The molecule has 4 nitrogen and oxygen atoms in total. The van der Waals surface area contributed by atoms with Gasteiger partial charge in [-0.1, -0.05) is 17.4 Å². The molecule has 2 N–H and O–H groups in total. The Morgan fingerprint density at radius 2 is 2.37 bits per heavy atom. The number of benzene rings is 1. The van der Waals surface area contributed by atoms with Crippen LogP contribution in [0.3, 0.4) is 0 Å². The fourth-order valence-corrected chi connectivity index (χ4v) is 3.75. The van der Waals surface area contributed by atoms with E-state index in [2.05, 4.69) is 28.6 Å². The number of carbonyl (C=O) groups is 1. The van der Waals surface area contributed by atoms with Crippen molar-refractivity contribution in [3.63, 3.8) is 0 Å². The average Bonchev–Trinajstić information content (AvgIpc) is 2.95. The van der Waals surface area contributed by atoms with Crippen LogP contribution in [-0.4, -0.2) is 28.6 Å². The summed E-state index contributed by atoms with van der Waals surface area (Å²) in [7, 11) is 0. The van der Waals surface area contributed by atoms with Crippen molar-refractivity contribution in [1.82, 2.24) is 10.3 Å². The molecule has 0 saturated carbocycles. The molecule has 3 rings (SSSR count). The Morgan fingerprint density at radius 1 is 1.53 bits per heavy atom. The van der Waals surface area contributed by atoms with Gasteiger partial charge in [-0.15, -0.1) is 24.2 Å². The maximum absolute atomic E-state index is 11.9. The molecule has 1 saturated heterocycles. The zero-order chi connectivity index (χ0) is 12.5. The normalized spacial score (nSPS) is 18.3. The fourth-order valence-electron chi connectivity index (χ4n) is 1.84. The lowest BCUT2D eigenvalue weighted by atomic mass is 10.2. The van der Waals surface area contributed by atoms with E-state index in [0.29, 0.717) is 5.13 Å². The minimum Gasteiger partial charge on any atom is -0.301 e. The zero-order valence-electron chi connectivity index (χ0n) is 10.3. The van der Waals surface area contributed by atoms with Crippen LogP contribution in [0, 0.1) is 6.92 Å². The molecule has 2 aromatic rings. The number of rotatable bonds is 2. The number of fused-ring (bicyclic) bond motifs is 1. The van der Waals surface area contributed by atoms with Crippen molar-refractivity contribution >= 4 is 56.8 Å². The molecule has 1 aliphatic heterocycles. The standard InChI is InChI=1S/C12H13N3OS2.ClH/c1-7-2-3-8-10(4-7)18-12(14-8)15-11(16)9-5-17-6-13-9;/h2-4,9,13H,5-6H2,1H3,(H,14,15,16);1H. The summed E-state index contributed by atoms with van der Waals surface area (Å²) < 4.78 is 1.11. The van der Waals surface area contributed by atoms with Crippen LogP contribution in [0.15, 0.2) is 18.2 Å². The van der Waals surface area contributed by atoms with Gasteiger partial charge in [-0.2, -0.15) is 0 Å². The number of carbonyl (C=O) groups excluding carboxylic acids is 1. The molecule has 0 spiro atoms. The maximum Gasteiger partial charge on any atom is 0.244 e. The highest BCUT2D eigenvalue weighted by Crippen LogP contribution is 2.27. The lowest BCUT2D eigenvalue weighted by molar-refractivity contribution is -0.117. The van der Waals surface area contributed by atoms with E-state index in [4.69, 9.17) is 0 Å². The van der Waals surface area contributed by atoms with Gasteiger partial charge in [-0.3, -0.25) is 10.1 Å². The molecule has 7 heteroatoms. The molecule has 1 atom stereocenters. The Kier molecular flexibility index (Phi) is 4.67. The SMILES string of the molecule is Cc1ccc2nc(NC(=O)C3CSCN3)sc2c1.Cl. The van der Waals surface area contributed by atoms with Crippen molar-refractivity contribution < 1.29 is 4.79 Å². The third-order valence-electron chi connectivity index (χ3n) is 2.81. The van der Waals surface area contributed by atoms with Gasteiger partial charge in [-0.05, 0) is 24.6 Å². The first-order chi connectivity index (χ1) is 8.72. The summed E-state index contributed by atoms with van der Waals surface area (Å²) in [5.74, 6) is 1.68. The van der Waals surface area contributed by atoms with Crippen molar-refractivity contribution in [3.8, 4) is 0 Å². The number of halogens is 1. The van der Waals surface area contributed by atoms with E-state index in [1.807, 2.05) is 12.1 Å². The predicted molar refractivity (Wildman–Crippen MR) is 84.5 cm³/mol. The van der Waals surface area contributed by atoms with E-state index in [9.17, 15) is 4.79 Å². The van der Waals surface area contributed by atoms with E-state index < -0.39 is 0 Å². The van der Waals surface area contributed by atoms with Crippen molar-refractivity contribution in [2.45, 2.75) is 13.0 Å². The molecule has 1 fully saturated rings. The molecule has 1 aromatic heterocycles. The molecule has 19 heavy (non-hydrogen) atoms. The summed E-state index contributed by atoms with van der Waals surface area (Å²) in [6, 6.07) is 6.01. The third kappa shape index (κ3) is 3.20. The maximum atomic E-state index is 11.9. The highest BCUT2D eigenvalue weighted by Gasteiger charge is 2.23.